The third-order valence-electron chi connectivity index (χ3n) is 2.19. The van der Waals surface area contributed by atoms with Crippen LogP contribution >= 0.6 is 0 Å². The Labute approximate surface area is 88.0 Å². The van der Waals surface area contributed by atoms with Gasteiger partial charge in [0.1, 0.15) is 17.5 Å². The van der Waals surface area contributed by atoms with Gasteiger partial charge in [-0.2, -0.15) is 0 Å². The number of nitrogens with zero attached hydrogens (tertiary/aromatic N) is 4. The van der Waals surface area contributed by atoms with E-state index in [9.17, 15) is 0 Å². The minimum absolute atomic E-state index is 0.495. The van der Waals surface area contributed by atoms with Gasteiger partial charge in [0.2, 0.25) is 0 Å². The van der Waals surface area contributed by atoms with Crippen LogP contribution in [0.5, 0.6) is 0 Å². The SMILES string of the molecule is CCn1ccnc1Cc1nccc(N)n1. The first kappa shape index (κ1) is 9.64. The van der Waals surface area contributed by atoms with E-state index in [1.54, 1.807) is 18.5 Å². The van der Waals surface area contributed by atoms with Gasteiger partial charge < -0.3 is 10.3 Å². The Kier molecular flexibility index (Phi) is 2.62. The van der Waals surface area contributed by atoms with E-state index in [-0.39, 0.29) is 0 Å². The molecule has 0 aliphatic rings. The molecule has 0 atom stereocenters. The molecule has 2 rings (SSSR count). The van der Waals surface area contributed by atoms with Crippen molar-refractivity contribution in [2.24, 2.45) is 0 Å². The summed E-state index contributed by atoms with van der Waals surface area (Å²) in [4.78, 5) is 12.5. The fourth-order valence-corrected chi connectivity index (χ4v) is 1.44. The summed E-state index contributed by atoms with van der Waals surface area (Å²) in [6, 6.07) is 1.68. The highest BCUT2D eigenvalue weighted by atomic mass is 15.1. The second-order valence-electron chi connectivity index (χ2n) is 3.20. The molecule has 0 aromatic carbocycles. The highest BCUT2D eigenvalue weighted by Crippen LogP contribution is 2.04. The minimum atomic E-state index is 0.495. The third-order valence-corrected chi connectivity index (χ3v) is 2.19. The largest absolute Gasteiger partial charge is 0.384 e. The zero-order valence-corrected chi connectivity index (χ0v) is 8.59. The van der Waals surface area contributed by atoms with Crippen molar-refractivity contribution in [1.82, 2.24) is 19.5 Å². The maximum Gasteiger partial charge on any atom is 0.138 e. The highest BCUT2D eigenvalue weighted by Gasteiger charge is 2.04. The lowest BCUT2D eigenvalue weighted by Gasteiger charge is -2.03. The molecule has 0 saturated heterocycles. The van der Waals surface area contributed by atoms with E-state index in [2.05, 4.69) is 26.4 Å². The fraction of sp³-hybridized carbons (Fsp3) is 0.300. The molecular formula is C10H13N5. The molecule has 0 saturated carbocycles. The second kappa shape index (κ2) is 4.08. The molecule has 2 aromatic rings. The molecule has 5 heteroatoms. The second-order valence-corrected chi connectivity index (χ2v) is 3.20. The van der Waals surface area contributed by atoms with Crippen molar-refractivity contribution in [3.8, 4) is 0 Å². The summed E-state index contributed by atoms with van der Waals surface area (Å²) in [5.41, 5.74) is 5.58. The van der Waals surface area contributed by atoms with Crippen LogP contribution in [0.3, 0.4) is 0 Å². The quantitative estimate of drug-likeness (QED) is 0.803. The van der Waals surface area contributed by atoms with Gasteiger partial charge in [-0.25, -0.2) is 15.0 Å². The van der Waals surface area contributed by atoms with Gasteiger partial charge in [-0.1, -0.05) is 0 Å². The summed E-state index contributed by atoms with van der Waals surface area (Å²) in [5.74, 6) is 2.16. The Bertz CT molecular complexity index is 449. The molecule has 5 nitrogen and oxygen atoms in total. The van der Waals surface area contributed by atoms with E-state index in [1.807, 2.05) is 6.20 Å². The van der Waals surface area contributed by atoms with E-state index >= 15 is 0 Å². The van der Waals surface area contributed by atoms with Gasteiger partial charge in [-0.15, -0.1) is 0 Å². The number of aryl methyl sites for hydroxylation is 1. The maximum atomic E-state index is 5.58. The van der Waals surface area contributed by atoms with Crippen molar-refractivity contribution in [3.63, 3.8) is 0 Å². The molecule has 2 heterocycles. The van der Waals surface area contributed by atoms with Crippen LogP contribution in [-0.4, -0.2) is 19.5 Å². The van der Waals surface area contributed by atoms with Crippen LogP contribution in [0.2, 0.25) is 0 Å². The number of anilines is 1. The molecule has 0 unspecified atom stereocenters. The summed E-state index contributed by atoms with van der Waals surface area (Å²) in [6.45, 7) is 2.98. The van der Waals surface area contributed by atoms with Crippen molar-refractivity contribution in [2.45, 2.75) is 19.9 Å². The van der Waals surface area contributed by atoms with E-state index < -0.39 is 0 Å². The normalized spacial score (nSPS) is 10.5. The number of rotatable bonds is 3. The van der Waals surface area contributed by atoms with Gasteiger partial charge in [0.15, 0.2) is 0 Å². The topological polar surface area (TPSA) is 69.6 Å². The Morgan fingerprint density at radius 2 is 2.20 bits per heavy atom. The van der Waals surface area contributed by atoms with Gasteiger partial charge in [0.25, 0.3) is 0 Å². The van der Waals surface area contributed by atoms with Gasteiger partial charge >= 0.3 is 0 Å². The van der Waals surface area contributed by atoms with Gasteiger partial charge in [0, 0.05) is 25.1 Å². The monoisotopic (exact) mass is 203 g/mol. The Hall–Kier alpha value is -1.91. The summed E-state index contributed by atoms with van der Waals surface area (Å²) < 4.78 is 2.06. The van der Waals surface area contributed by atoms with E-state index in [0.29, 0.717) is 18.1 Å². The molecule has 78 valence electrons. The molecule has 0 radical (unpaired) electrons. The number of aromatic nitrogens is 4. The number of imidazole rings is 1. The molecule has 0 aliphatic carbocycles. The predicted octanol–water partition coefficient (Wildman–Crippen LogP) is 0.866. The van der Waals surface area contributed by atoms with E-state index in [4.69, 9.17) is 5.73 Å². The molecule has 0 bridgehead atoms. The summed E-state index contributed by atoms with van der Waals surface area (Å²) in [7, 11) is 0. The first-order valence-electron chi connectivity index (χ1n) is 4.87. The van der Waals surface area contributed by atoms with Crippen molar-refractivity contribution >= 4 is 5.82 Å². The molecule has 2 N–H and O–H groups in total. The zero-order chi connectivity index (χ0) is 10.7. The minimum Gasteiger partial charge on any atom is -0.384 e. The van der Waals surface area contributed by atoms with Crippen LogP contribution in [0.25, 0.3) is 0 Å². The molecule has 0 aliphatic heterocycles. The van der Waals surface area contributed by atoms with Crippen molar-refractivity contribution in [2.75, 3.05) is 5.73 Å². The lowest BCUT2D eigenvalue weighted by Crippen LogP contribution is -2.05. The molecule has 0 fully saturated rings. The summed E-state index contributed by atoms with van der Waals surface area (Å²) in [6.07, 6.45) is 6.01. The maximum absolute atomic E-state index is 5.58. The van der Waals surface area contributed by atoms with E-state index in [0.717, 1.165) is 12.4 Å². The first-order chi connectivity index (χ1) is 7.29. The van der Waals surface area contributed by atoms with Crippen LogP contribution in [-0.2, 0) is 13.0 Å². The average molecular weight is 203 g/mol. The smallest absolute Gasteiger partial charge is 0.138 e. The molecular weight excluding hydrogens is 190 g/mol. The van der Waals surface area contributed by atoms with Gasteiger partial charge in [-0.3, -0.25) is 0 Å². The standard InChI is InChI=1S/C10H13N5/c1-2-15-6-5-13-10(15)7-9-12-4-3-8(11)14-9/h3-6H,2,7H2,1H3,(H2,11,12,14). The van der Waals surface area contributed by atoms with Gasteiger partial charge in [-0.05, 0) is 13.0 Å². The lowest BCUT2D eigenvalue weighted by molar-refractivity contribution is 0.703. The Balaban J connectivity index is 2.22. The molecule has 0 spiro atoms. The first-order valence-corrected chi connectivity index (χ1v) is 4.87. The van der Waals surface area contributed by atoms with Gasteiger partial charge in [0.05, 0.1) is 6.42 Å². The van der Waals surface area contributed by atoms with Crippen molar-refractivity contribution < 1.29 is 0 Å². The zero-order valence-electron chi connectivity index (χ0n) is 8.59. The number of hydrogen-bond donors (Lipinski definition) is 1. The van der Waals surface area contributed by atoms with Crippen LogP contribution in [0, 0.1) is 0 Å². The van der Waals surface area contributed by atoms with Crippen molar-refractivity contribution in [1.29, 1.82) is 0 Å². The molecule has 2 aromatic heterocycles. The number of hydrogen-bond acceptors (Lipinski definition) is 4. The predicted molar refractivity (Wildman–Crippen MR) is 57.2 cm³/mol. The lowest BCUT2D eigenvalue weighted by atomic mass is 10.3. The Morgan fingerprint density at radius 1 is 1.33 bits per heavy atom. The van der Waals surface area contributed by atoms with Crippen LogP contribution in [0.4, 0.5) is 5.82 Å². The summed E-state index contributed by atoms with van der Waals surface area (Å²) in [5, 5.41) is 0. The van der Waals surface area contributed by atoms with Crippen LogP contribution in [0.1, 0.15) is 18.6 Å². The fourth-order valence-electron chi connectivity index (χ4n) is 1.44. The van der Waals surface area contributed by atoms with Crippen LogP contribution in [0.15, 0.2) is 24.7 Å². The van der Waals surface area contributed by atoms with E-state index in [1.165, 1.54) is 0 Å². The number of nitrogens with two attached hydrogens (primary N) is 1. The van der Waals surface area contributed by atoms with Crippen molar-refractivity contribution in [3.05, 3.63) is 36.3 Å². The Morgan fingerprint density at radius 3 is 2.93 bits per heavy atom. The third kappa shape index (κ3) is 2.12. The number of nitrogen functional groups attached to an aromatic ring is 1. The highest BCUT2D eigenvalue weighted by molar-refractivity contribution is 5.25. The summed E-state index contributed by atoms with van der Waals surface area (Å²) >= 11 is 0. The average Bonchev–Trinajstić information content (AvgIpc) is 2.65. The molecule has 0 amide bonds. The van der Waals surface area contributed by atoms with Crippen LogP contribution < -0.4 is 5.73 Å². The molecule has 15 heavy (non-hydrogen) atoms.